The summed E-state index contributed by atoms with van der Waals surface area (Å²) in [5.74, 6) is 0.152. The van der Waals surface area contributed by atoms with Crippen molar-refractivity contribution in [3.05, 3.63) is 52.0 Å². The lowest BCUT2D eigenvalue weighted by molar-refractivity contribution is 0.0820. The average Bonchev–Trinajstić information content (AvgIpc) is 3.69. The molecule has 1 aliphatic heterocycles. The number of aromatic nitrogens is 6. The van der Waals surface area contributed by atoms with Crippen molar-refractivity contribution in [3.8, 4) is 0 Å². The van der Waals surface area contributed by atoms with E-state index in [0.717, 1.165) is 41.7 Å². The predicted molar refractivity (Wildman–Crippen MR) is 161 cm³/mol. The number of fused-ring (bicyclic) bond motifs is 3. The van der Waals surface area contributed by atoms with Gasteiger partial charge in [-0.1, -0.05) is 28.7 Å². The Morgan fingerprint density at radius 3 is 2.07 bits per heavy atom. The summed E-state index contributed by atoms with van der Waals surface area (Å²) in [6, 6.07) is 6.06. The topological polar surface area (TPSA) is 176 Å². The molecule has 0 fully saturated rings. The van der Waals surface area contributed by atoms with Crippen LogP contribution >= 0.6 is 22.7 Å². The lowest BCUT2D eigenvalue weighted by Crippen LogP contribution is -2.21. The van der Waals surface area contributed by atoms with Gasteiger partial charge < -0.3 is 15.1 Å². The molecule has 4 aromatic heterocycles. The summed E-state index contributed by atoms with van der Waals surface area (Å²) in [7, 11) is 3.10. The second-order valence-corrected chi connectivity index (χ2v) is 13.3. The Labute approximate surface area is 248 Å². The van der Waals surface area contributed by atoms with Crippen molar-refractivity contribution in [2.75, 3.05) is 39.8 Å². The number of anilines is 2. The van der Waals surface area contributed by atoms with Gasteiger partial charge in [-0.3, -0.25) is 14.6 Å². The summed E-state index contributed by atoms with van der Waals surface area (Å²) in [6.07, 6.45) is 5.54. The van der Waals surface area contributed by atoms with E-state index < -0.39 is 9.84 Å². The zero-order chi connectivity index (χ0) is 30.2. The van der Waals surface area contributed by atoms with Crippen LogP contribution in [-0.2, 0) is 16.4 Å². The number of nitrogens with zero attached hydrogens (tertiary/aromatic N) is 9. The van der Waals surface area contributed by atoms with Crippen molar-refractivity contribution >= 4 is 82.7 Å². The van der Waals surface area contributed by atoms with E-state index in [4.69, 9.17) is 0 Å². The maximum Gasteiger partial charge on any atom is 0.282 e. The highest BCUT2D eigenvalue weighted by Crippen LogP contribution is 2.29. The Morgan fingerprint density at radius 2 is 1.45 bits per heavy atom. The van der Waals surface area contributed by atoms with Gasteiger partial charge in [-0.05, 0) is 23.3 Å². The molecular weight excluding hydrogens is 601 g/mol. The minimum atomic E-state index is -3.49. The molecule has 0 aliphatic carbocycles. The maximum atomic E-state index is 12.1. The van der Waals surface area contributed by atoms with Gasteiger partial charge in [-0.15, -0.1) is 0 Å². The average molecular weight is 625 g/mol. The van der Waals surface area contributed by atoms with Crippen LogP contribution in [0.4, 0.5) is 11.5 Å². The first-order chi connectivity index (χ1) is 19.9. The third kappa shape index (κ3) is 5.93. The molecule has 0 bridgehead atoms. The molecule has 17 heteroatoms. The fourth-order valence-electron chi connectivity index (χ4n) is 3.73. The van der Waals surface area contributed by atoms with Crippen LogP contribution in [0.2, 0.25) is 0 Å². The highest BCUT2D eigenvalue weighted by atomic mass is 32.2. The fourth-order valence-corrected chi connectivity index (χ4v) is 6.39. The van der Waals surface area contributed by atoms with Gasteiger partial charge in [0.25, 0.3) is 11.8 Å². The van der Waals surface area contributed by atoms with E-state index in [-0.39, 0.29) is 27.4 Å². The van der Waals surface area contributed by atoms with Crippen LogP contribution in [0.15, 0.2) is 40.9 Å². The molecule has 0 atom stereocenters. The van der Waals surface area contributed by atoms with Crippen LogP contribution in [0.5, 0.6) is 0 Å². The third-order valence-electron chi connectivity index (χ3n) is 5.79. The van der Waals surface area contributed by atoms with Gasteiger partial charge in [0.05, 0.1) is 6.54 Å². The lowest BCUT2D eigenvalue weighted by atomic mass is 10.1. The third-order valence-corrected chi connectivity index (χ3v) is 8.69. The Hall–Kier alpha value is -4.48. The molecule has 0 saturated carbocycles. The van der Waals surface area contributed by atoms with Crippen LogP contribution in [-0.4, -0.2) is 101 Å². The number of hydrogen-bond donors (Lipinski definition) is 1. The monoisotopic (exact) mass is 624 g/mol. The van der Waals surface area contributed by atoms with Gasteiger partial charge in [0.15, 0.2) is 30.7 Å². The summed E-state index contributed by atoms with van der Waals surface area (Å²) in [4.78, 5) is 56.6. The van der Waals surface area contributed by atoms with Crippen molar-refractivity contribution < 1.29 is 18.0 Å². The highest BCUT2D eigenvalue weighted by molar-refractivity contribution is 7.90. The number of carbonyl (C=O) groups excluding carboxylic acids is 2. The molecule has 5 heterocycles. The highest BCUT2D eigenvalue weighted by Gasteiger charge is 2.22. The largest absolute Gasteiger partial charge is 0.343 e. The molecular formula is C25H24N10O4S3. The molecule has 5 aromatic rings. The Kier molecular flexibility index (Phi) is 7.89. The Bertz CT molecular complexity index is 1980. The number of aliphatic imine (C=N–C) groups is 1. The van der Waals surface area contributed by atoms with Crippen molar-refractivity contribution in [3.63, 3.8) is 0 Å². The number of rotatable bonds is 5. The molecule has 42 heavy (non-hydrogen) atoms. The number of amides is 2. The molecule has 1 N–H and O–H groups in total. The summed E-state index contributed by atoms with van der Waals surface area (Å²) in [6.45, 7) is 0.732. The number of carbonyl (C=O) groups is 2. The molecule has 0 spiro atoms. The maximum absolute atomic E-state index is 12.1. The molecule has 0 unspecified atom stereocenters. The number of sulfone groups is 1. The van der Waals surface area contributed by atoms with Crippen LogP contribution in [0, 0.1) is 0 Å². The zero-order valence-corrected chi connectivity index (χ0v) is 25.5. The number of benzene rings is 1. The number of hydrogen-bond acceptors (Lipinski definition) is 14. The first-order valence-corrected chi connectivity index (χ1v) is 15.7. The fraction of sp³-hybridized carbons (Fsp3) is 0.240. The van der Waals surface area contributed by atoms with E-state index in [2.05, 4.69) is 40.2 Å². The minimum Gasteiger partial charge on any atom is -0.343 e. The molecule has 1 aliphatic rings. The van der Waals surface area contributed by atoms with Gasteiger partial charge >= 0.3 is 0 Å². The molecule has 0 radical (unpaired) electrons. The zero-order valence-electron chi connectivity index (χ0n) is 23.1. The predicted octanol–water partition coefficient (Wildman–Crippen LogP) is 2.66. The van der Waals surface area contributed by atoms with E-state index in [1.165, 1.54) is 33.0 Å². The summed E-state index contributed by atoms with van der Waals surface area (Å²) in [5.41, 5.74) is 3.96. The molecule has 0 saturated heterocycles. The van der Waals surface area contributed by atoms with Crippen LogP contribution in [0.25, 0.3) is 20.7 Å². The van der Waals surface area contributed by atoms with Crippen molar-refractivity contribution in [2.24, 2.45) is 4.99 Å². The first-order valence-electron chi connectivity index (χ1n) is 12.2. The smallest absolute Gasteiger partial charge is 0.282 e. The van der Waals surface area contributed by atoms with Crippen LogP contribution in [0.3, 0.4) is 0 Å². The number of nitrogens with one attached hydrogen (secondary N) is 1. The van der Waals surface area contributed by atoms with Crippen LogP contribution < -0.4 is 5.32 Å². The van der Waals surface area contributed by atoms with Gasteiger partial charge in [0.1, 0.15) is 33.3 Å². The molecule has 14 nitrogen and oxygen atoms in total. The quantitative estimate of drug-likeness (QED) is 0.284. The van der Waals surface area contributed by atoms with Gasteiger partial charge in [-0.2, -0.15) is 0 Å². The van der Waals surface area contributed by atoms with E-state index in [1.807, 2.05) is 24.4 Å². The standard InChI is InChI=1S/C16H14N6OS.C9H10N4O3S2/c1-22(2)16(23)15-21-12-13(18-8-19-14(12)24-15)20-11-4-3-9-6-17-7-10(9)5-11;1-13(2)9(14)7-12-5-6(17-7)10-4-11-8(5)18(3,15)16/h3-5,7-8H,6H2,1-2H3,(H,18,19,20);4H,1-3H3. The Morgan fingerprint density at radius 1 is 0.857 bits per heavy atom. The second-order valence-electron chi connectivity index (χ2n) is 9.43. The molecule has 216 valence electrons. The van der Waals surface area contributed by atoms with Crippen molar-refractivity contribution in [1.29, 1.82) is 0 Å². The Balaban J connectivity index is 0.000000176. The SMILES string of the molecule is CN(C)C(=O)c1nc2c(Nc3ccc4c(c3)C=NC4)ncnc2s1.CN(C)C(=O)c1nc2c(S(C)(=O)=O)ncnc2s1. The normalized spacial score (nSPS) is 12.1. The first kappa shape index (κ1) is 29.0. The van der Waals surface area contributed by atoms with Crippen molar-refractivity contribution in [1.82, 2.24) is 39.7 Å². The van der Waals surface area contributed by atoms with E-state index in [9.17, 15) is 18.0 Å². The van der Waals surface area contributed by atoms with Crippen LogP contribution in [0.1, 0.15) is 30.7 Å². The van der Waals surface area contributed by atoms with Gasteiger partial charge in [-0.25, -0.2) is 38.3 Å². The lowest BCUT2D eigenvalue weighted by Gasteiger charge is -2.07. The van der Waals surface area contributed by atoms with Gasteiger partial charge in [0.2, 0.25) is 0 Å². The van der Waals surface area contributed by atoms with E-state index >= 15 is 0 Å². The second kappa shape index (κ2) is 11.4. The van der Waals surface area contributed by atoms with E-state index in [1.54, 1.807) is 28.2 Å². The summed E-state index contributed by atoms with van der Waals surface area (Å²) < 4.78 is 23.1. The van der Waals surface area contributed by atoms with E-state index in [0.29, 0.717) is 26.0 Å². The minimum absolute atomic E-state index is 0.141. The summed E-state index contributed by atoms with van der Waals surface area (Å²) in [5, 5.41) is 3.71. The summed E-state index contributed by atoms with van der Waals surface area (Å²) >= 11 is 2.31. The van der Waals surface area contributed by atoms with Gasteiger partial charge in [0, 0.05) is 46.3 Å². The number of thiazole rings is 2. The van der Waals surface area contributed by atoms with Crippen molar-refractivity contribution in [2.45, 2.75) is 11.6 Å². The molecule has 2 amide bonds. The molecule has 6 rings (SSSR count). The molecule has 1 aromatic carbocycles.